The van der Waals surface area contributed by atoms with Gasteiger partial charge in [-0.3, -0.25) is 19.7 Å². The van der Waals surface area contributed by atoms with E-state index < -0.39 is 6.04 Å². The number of carbonyl (C=O) groups is 3. The standard InChI is InChI=1S/C17H14N2O3S2/c20-14-7-6-12(16(21)18-14)19-9-11-10(17(19)22)3-1-4-13(11)24-15-5-2-8-23-15/h1-5,8,12H,6-7,9H2,(H,18,20,21). The third kappa shape index (κ3) is 2.63. The van der Waals surface area contributed by atoms with Crippen molar-refractivity contribution < 1.29 is 14.4 Å². The van der Waals surface area contributed by atoms with Crippen molar-refractivity contribution in [1.29, 1.82) is 0 Å². The molecule has 24 heavy (non-hydrogen) atoms. The van der Waals surface area contributed by atoms with E-state index in [2.05, 4.69) is 5.32 Å². The molecule has 0 aliphatic carbocycles. The highest BCUT2D eigenvalue weighted by Crippen LogP contribution is 2.38. The fourth-order valence-corrected chi connectivity index (χ4v) is 4.97. The second-order valence-electron chi connectivity index (χ2n) is 5.72. The number of carbonyl (C=O) groups excluding carboxylic acids is 3. The molecule has 1 saturated heterocycles. The van der Waals surface area contributed by atoms with Gasteiger partial charge in [-0.05, 0) is 35.6 Å². The molecule has 2 aromatic rings. The highest BCUT2D eigenvalue weighted by Gasteiger charge is 2.39. The van der Waals surface area contributed by atoms with Gasteiger partial charge >= 0.3 is 0 Å². The van der Waals surface area contributed by atoms with Gasteiger partial charge < -0.3 is 4.90 Å². The summed E-state index contributed by atoms with van der Waals surface area (Å²) in [7, 11) is 0. The van der Waals surface area contributed by atoms with Crippen molar-refractivity contribution in [3.05, 3.63) is 46.8 Å². The number of amides is 3. The molecule has 1 aromatic carbocycles. The normalized spacial score (nSPS) is 20.2. The highest BCUT2D eigenvalue weighted by molar-refractivity contribution is 8.01. The van der Waals surface area contributed by atoms with Crippen molar-refractivity contribution in [2.24, 2.45) is 0 Å². The molecule has 2 aliphatic heterocycles. The first-order valence-electron chi connectivity index (χ1n) is 7.61. The first-order chi connectivity index (χ1) is 11.6. The molecule has 1 N–H and O–H groups in total. The molecular weight excluding hydrogens is 344 g/mol. The Bertz CT molecular complexity index is 832. The van der Waals surface area contributed by atoms with Crippen molar-refractivity contribution in [1.82, 2.24) is 10.2 Å². The summed E-state index contributed by atoms with van der Waals surface area (Å²) in [5.74, 6) is -0.776. The minimum Gasteiger partial charge on any atom is -0.322 e. The zero-order chi connectivity index (χ0) is 16.7. The van der Waals surface area contributed by atoms with Gasteiger partial charge in [-0.15, -0.1) is 11.3 Å². The summed E-state index contributed by atoms with van der Waals surface area (Å²) in [5, 5.41) is 4.35. The SMILES string of the molecule is O=C1CCC(N2Cc3c(Sc4cccs4)cccc3C2=O)C(=O)N1. The molecule has 0 saturated carbocycles. The summed E-state index contributed by atoms with van der Waals surface area (Å²) in [6, 6.07) is 9.16. The summed E-state index contributed by atoms with van der Waals surface area (Å²) < 4.78 is 1.16. The van der Waals surface area contributed by atoms with Crippen molar-refractivity contribution in [3.63, 3.8) is 0 Å². The molecule has 1 unspecified atom stereocenters. The van der Waals surface area contributed by atoms with E-state index >= 15 is 0 Å². The maximum Gasteiger partial charge on any atom is 0.255 e. The Morgan fingerprint density at radius 1 is 1.17 bits per heavy atom. The zero-order valence-corrected chi connectivity index (χ0v) is 14.3. The van der Waals surface area contributed by atoms with Gasteiger partial charge in [0.25, 0.3) is 5.91 Å². The number of thiophene rings is 1. The summed E-state index contributed by atoms with van der Waals surface area (Å²) in [4.78, 5) is 38.8. The Kier molecular flexibility index (Phi) is 3.90. The van der Waals surface area contributed by atoms with Crippen molar-refractivity contribution in [2.75, 3.05) is 0 Å². The summed E-state index contributed by atoms with van der Waals surface area (Å²) in [6.07, 6.45) is 0.658. The van der Waals surface area contributed by atoms with Crippen LogP contribution in [0.2, 0.25) is 0 Å². The van der Waals surface area contributed by atoms with Crippen LogP contribution in [0.25, 0.3) is 0 Å². The number of hydrogen-bond acceptors (Lipinski definition) is 5. The van der Waals surface area contributed by atoms with Crippen molar-refractivity contribution in [2.45, 2.75) is 34.5 Å². The van der Waals surface area contributed by atoms with E-state index in [1.165, 1.54) is 0 Å². The van der Waals surface area contributed by atoms with Crippen LogP contribution in [-0.2, 0) is 16.1 Å². The Morgan fingerprint density at radius 2 is 2.04 bits per heavy atom. The lowest BCUT2D eigenvalue weighted by molar-refractivity contribution is -0.136. The van der Waals surface area contributed by atoms with E-state index in [9.17, 15) is 14.4 Å². The maximum absolute atomic E-state index is 12.7. The maximum atomic E-state index is 12.7. The lowest BCUT2D eigenvalue weighted by atomic mass is 10.0. The number of piperidine rings is 1. The second kappa shape index (κ2) is 6.07. The van der Waals surface area contributed by atoms with Crippen molar-refractivity contribution >= 4 is 40.8 Å². The van der Waals surface area contributed by atoms with Crippen LogP contribution in [-0.4, -0.2) is 28.7 Å². The van der Waals surface area contributed by atoms with E-state index in [4.69, 9.17) is 0 Å². The van der Waals surface area contributed by atoms with E-state index in [-0.39, 0.29) is 24.1 Å². The minimum atomic E-state index is -0.567. The summed E-state index contributed by atoms with van der Waals surface area (Å²) in [6.45, 7) is 0.412. The number of fused-ring (bicyclic) bond motifs is 1. The van der Waals surface area contributed by atoms with Crippen LogP contribution >= 0.6 is 23.1 Å². The fraction of sp³-hybridized carbons (Fsp3) is 0.235. The summed E-state index contributed by atoms with van der Waals surface area (Å²) in [5.41, 5.74) is 1.62. The molecule has 3 amide bonds. The number of nitrogens with zero attached hydrogens (tertiary/aromatic N) is 1. The van der Waals surface area contributed by atoms with Crippen LogP contribution in [0, 0.1) is 0 Å². The summed E-state index contributed by atoms with van der Waals surface area (Å²) >= 11 is 3.29. The van der Waals surface area contributed by atoms with Crippen LogP contribution in [0.3, 0.4) is 0 Å². The number of hydrogen-bond donors (Lipinski definition) is 1. The molecule has 1 fully saturated rings. The second-order valence-corrected chi connectivity index (χ2v) is 8.01. The molecule has 7 heteroatoms. The quantitative estimate of drug-likeness (QED) is 0.857. The molecule has 1 atom stereocenters. The first-order valence-corrected chi connectivity index (χ1v) is 9.31. The Labute approximate surface area is 147 Å². The molecule has 0 radical (unpaired) electrons. The zero-order valence-electron chi connectivity index (χ0n) is 12.7. The fourth-order valence-electron chi connectivity index (χ4n) is 3.08. The van der Waals surface area contributed by atoms with Gasteiger partial charge in [0.15, 0.2) is 0 Å². The molecule has 2 aliphatic rings. The predicted octanol–water partition coefficient (Wildman–Crippen LogP) is 2.66. The van der Waals surface area contributed by atoms with Gasteiger partial charge in [0.1, 0.15) is 6.04 Å². The smallest absolute Gasteiger partial charge is 0.255 e. The monoisotopic (exact) mass is 358 g/mol. The topological polar surface area (TPSA) is 66.5 Å². The van der Waals surface area contributed by atoms with Gasteiger partial charge in [0.05, 0.1) is 4.21 Å². The van der Waals surface area contributed by atoms with Gasteiger partial charge in [-0.2, -0.15) is 0 Å². The number of rotatable bonds is 3. The average molecular weight is 358 g/mol. The van der Waals surface area contributed by atoms with E-state index in [0.29, 0.717) is 18.5 Å². The van der Waals surface area contributed by atoms with Gasteiger partial charge in [0.2, 0.25) is 11.8 Å². The average Bonchev–Trinajstić information content (AvgIpc) is 3.17. The first kappa shape index (κ1) is 15.4. The molecular formula is C17H14N2O3S2. The minimum absolute atomic E-state index is 0.131. The van der Waals surface area contributed by atoms with Crippen LogP contribution < -0.4 is 5.32 Å². The lowest BCUT2D eigenvalue weighted by Gasteiger charge is -2.29. The van der Waals surface area contributed by atoms with Gasteiger partial charge in [0, 0.05) is 23.4 Å². The molecule has 122 valence electrons. The molecule has 0 spiro atoms. The van der Waals surface area contributed by atoms with Crippen LogP contribution in [0.5, 0.6) is 0 Å². The lowest BCUT2D eigenvalue weighted by Crippen LogP contribution is -2.52. The van der Waals surface area contributed by atoms with Crippen LogP contribution in [0.15, 0.2) is 44.8 Å². The Balaban J connectivity index is 1.62. The van der Waals surface area contributed by atoms with Crippen LogP contribution in [0.1, 0.15) is 28.8 Å². The van der Waals surface area contributed by atoms with E-state index in [1.54, 1.807) is 28.0 Å². The Morgan fingerprint density at radius 3 is 2.79 bits per heavy atom. The van der Waals surface area contributed by atoms with E-state index in [1.807, 2.05) is 35.7 Å². The van der Waals surface area contributed by atoms with Gasteiger partial charge in [-0.25, -0.2) is 0 Å². The molecule has 5 nitrogen and oxygen atoms in total. The molecule has 0 bridgehead atoms. The largest absolute Gasteiger partial charge is 0.322 e. The van der Waals surface area contributed by atoms with E-state index in [0.717, 1.165) is 14.7 Å². The van der Waals surface area contributed by atoms with Crippen LogP contribution in [0.4, 0.5) is 0 Å². The molecule has 3 heterocycles. The van der Waals surface area contributed by atoms with Crippen molar-refractivity contribution in [3.8, 4) is 0 Å². The number of imide groups is 1. The molecule has 4 rings (SSSR count). The predicted molar refractivity (Wildman–Crippen MR) is 90.9 cm³/mol. The third-order valence-electron chi connectivity index (χ3n) is 4.24. The third-order valence-corrected chi connectivity index (χ3v) is 6.38. The number of benzene rings is 1. The van der Waals surface area contributed by atoms with Gasteiger partial charge in [-0.1, -0.05) is 23.9 Å². The number of nitrogens with one attached hydrogen (secondary N) is 1. The molecule has 1 aromatic heterocycles. The Hall–Kier alpha value is -2.12. The highest BCUT2D eigenvalue weighted by atomic mass is 32.2.